The Morgan fingerprint density at radius 3 is 2.74 bits per heavy atom. The van der Waals surface area contributed by atoms with Gasteiger partial charge in [-0.2, -0.15) is 4.98 Å². The Morgan fingerprint density at radius 2 is 2.21 bits per heavy atom. The second kappa shape index (κ2) is 4.80. The summed E-state index contributed by atoms with van der Waals surface area (Å²) in [7, 11) is 0. The summed E-state index contributed by atoms with van der Waals surface area (Å²) >= 11 is 0. The first kappa shape index (κ1) is 13.8. The second-order valence-electron chi connectivity index (χ2n) is 5.72. The lowest BCUT2D eigenvalue weighted by Gasteiger charge is -2.26. The lowest BCUT2D eigenvalue weighted by atomic mass is 10.2. The number of rotatable bonds is 1. The van der Waals surface area contributed by atoms with Gasteiger partial charge in [-0.1, -0.05) is 5.16 Å². The van der Waals surface area contributed by atoms with Gasteiger partial charge in [-0.3, -0.25) is 4.90 Å². The highest BCUT2D eigenvalue weighted by molar-refractivity contribution is 5.69. The molecule has 1 saturated heterocycles. The van der Waals surface area contributed by atoms with Crippen LogP contribution in [0.4, 0.5) is 4.79 Å². The predicted molar refractivity (Wildman–Crippen MR) is 65.3 cm³/mol. The summed E-state index contributed by atoms with van der Waals surface area (Å²) in [5, 5.41) is 13.5. The minimum absolute atomic E-state index is 0.209. The Kier molecular flexibility index (Phi) is 3.49. The van der Waals surface area contributed by atoms with Crippen molar-refractivity contribution in [1.29, 1.82) is 0 Å². The van der Waals surface area contributed by atoms with E-state index in [9.17, 15) is 9.90 Å². The first-order chi connectivity index (χ1) is 8.76. The minimum Gasteiger partial charge on any atom is -0.444 e. The van der Waals surface area contributed by atoms with Gasteiger partial charge in [-0.05, 0) is 27.7 Å². The van der Waals surface area contributed by atoms with Crippen LogP contribution in [0.1, 0.15) is 44.9 Å². The molecule has 0 bridgehead atoms. The standard InChI is InChI=1S/C12H19N3O4/c1-7-13-10(19-14-7)9-5-8(16)6-15(9)11(17)18-12(2,3)4/h8-9,16H,5-6H2,1-4H3/t8-,9+/m0/s1. The largest absolute Gasteiger partial charge is 0.444 e. The number of aryl methyl sites for hydroxylation is 1. The lowest BCUT2D eigenvalue weighted by Crippen LogP contribution is -2.37. The number of aromatic nitrogens is 2. The summed E-state index contributed by atoms with van der Waals surface area (Å²) in [5.41, 5.74) is -0.583. The van der Waals surface area contributed by atoms with Crippen molar-refractivity contribution in [3.8, 4) is 0 Å². The number of β-amino-alcohol motifs (C(OH)–C–C–N with tert-alkyl or cyclic N) is 1. The van der Waals surface area contributed by atoms with E-state index in [2.05, 4.69) is 10.1 Å². The van der Waals surface area contributed by atoms with Crippen LogP contribution < -0.4 is 0 Å². The lowest BCUT2D eigenvalue weighted by molar-refractivity contribution is 0.0184. The molecule has 106 valence electrons. The summed E-state index contributed by atoms with van der Waals surface area (Å²) in [6.07, 6.45) is -0.712. The number of aliphatic hydroxyl groups is 1. The molecule has 1 aromatic heterocycles. The van der Waals surface area contributed by atoms with Crippen LogP contribution in [0.5, 0.6) is 0 Å². The second-order valence-corrected chi connectivity index (χ2v) is 5.72. The molecule has 2 heterocycles. The van der Waals surface area contributed by atoms with Crippen LogP contribution in [0.2, 0.25) is 0 Å². The summed E-state index contributed by atoms with van der Waals surface area (Å²) in [6, 6.07) is -0.425. The number of nitrogens with zero attached hydrogens (tertiary/aromatic N) is 3. The molecule has 0 aliphatic carbocycles. The van der Waals surface area contributed by atoms with Gasteiger partial charge in [0.15, 0.2) is 5.82 Å². The zero-order chi connectivity index (χ0) is 14.2. The van der Waals surface area contributed by atoms with E-state index in [0.29, 0.717) is 18.1 Å². The SMILES string of the molecule is Cc1noc([C@H]2C[C@H](O)CN2C(=O)OC(C)(C)C)n1. The highest BCUT2D eigenvalue weighted by atomic mass is 16.6. The van der Waals surface area contributed by atoms with Crippen molar-refractivity contribution in [2.24, 2.45) is 0 Å². The Bertz CT molecular complexity index is 466. The molecule has 0 aromatic carbocycles. The van der Waals surface area contributed by atoms with E-state index in [1.165, 1.54) is 4.90 Å². The maximum atomic E-state index is 12.1. The van der Waals surface area contributed by atoms with Gasteiger partial charge in [0.1, 0.15) is 11.6 Å². The average molecular weight is 269 g/mol. The molecule has 2 rings (SSSR count). The van der Waals surface area contributed by atoms with Gasteiger partial charge < -0.3 is 14.4 Å². The Balaban J connectivity index is 2.16. The number of ether oxygens (including phenoxy) is 1. The van der Waals surface area contributed by atoms with Crippen LogP contribution in [0.3, 0.4) is 0 Å². The monoisotopic (exact) mass is 269 g/mol. The van der Waals surface area contributed by atoms with Crippen LogP contribution in [0.25, 0.3) is 0 Å². The highest BCUT2D eigenvalue weighted by Gasteiger charge is 2.40. The molecule has 0 radical (unpaired) electrons. The van der Waals surface area contributed by atoms with Crippen LogP contribution in [-0.2, 0) is 4.74 Å². The molecule has 1 aromatic rings. The number of amides is 1. The third-order valence-corrected chi connectivity index (χ3v) is 2.74. The molecule has 1 aliphatic rings. The first-order valence-electron chi connectivity index (χ1n) is 6.24. The molecule has 1 fully saturated rings. The van der Waals surface area contributed by atoms with Gasteiger partial charge in [-0.25, -0.2) is 4.79 Å². The zero-order valence-electron chi connectivity index (χ0n) is 11.6. The van der Waals surface area contributed by atoms with E-state index >= 15 is 0 Å². The van der Waals surface area contributed by atoms with Gasteiger partial charge in [0, 0.05) is 6.42 Å². The Hall–Kier alpha value is -1.63. The summed E-state index contributed by atoms with van der Waals surface area (Å²) < 4.78 is 10.4. The van der Waals surface area contributed by atoms with Gasteiger partial charge in [-0.15, -0.1) is 0 Å². The van der Waals surface area contributed by atoms with Gasteiger partial charge in [0.2, 0.25) is 5.89 Å². The number of hydrogen-bond acceptors (Lipinski definition) is 6. The van der Waals surface area contributed by atoms with E-state index in [4.69, 9.17) is 9.26 Å². The third-order valence-electron chi connectivity index (χ3n) is 2.74. The number of likely N-dealkylation sites (tertiary alicyclic amines) is 1. The maximum Gasteiger partial charge on any atom is 0.411 e. The molecule has 7 heteroatoms. The molecule has 7 nitrogen and oxygen atoms in total. The smallest absolute Gasteiger partial charge is 0.411 e. The molecule has 2 atom stereocenters. The normalized spacial score (nSPS) is 23.7. The Morgan fingerprint density at radius 1 is 1.53 bits per heavy atom. The summed E-state index contributed by atoms with van der Waals surface area (Å²) in [6.45, 7) is 7.30. The number of carbonyl (C=O) groups excluding carboxylic acids is 1. The molecule has 0 spiro atoms. The molecule has 1 N–H and O–H groups in total. The zero-order valence-corrected chi connectivity index (χ0v) is 11.6. The number of aliphatic hydroxyl groups excluding tert-OH is 1. The van der Waals surface area contributed by atoms with Gasteiger partial charge in [0.05, 0.1) is 12.6 Å². The van der Waals surface area contributed by atoms with Crippen molar-refractivity contribution >= 4 is 6.09 Å². The molecule has 0 saturated carbocycles. The molecular formula is C12H19N3O4. The van der Waals surface area contributed by atoms with Crippen LogP contribution >= 0.6 is 0 Å². The number of carbonyl (C=O) groups is 1. The fourth-order valence-corrected chi connectivity index (χ4v) is 2.02. The summed E-state index contributed by atoms with van der Waals surface area (Å²) in [4.78, 5) is 17.7. The quantitative estimate of drug-likeness (QED) is 0.829. The highest BCUT2D eigenvalue weighted by Crippen LogP contribution is 2.32. The van der Waals surface area contributed by atoms with Crippen molar-refractivity contribution < 1.29 is 19.2 Å². The van der Waals surface area contributed by atoms with Crippen LogP contribution in [-0.4, -0.2) is 44.5 Å². The van der Waals surface area contributed by atoms with Crippen LogP contribution in [0.15, 0.2) is 4.52 Å². The Labute approximate surface area is 111 Å². The fourth-order valence-electron chi connectivity index (χ4n) is 2.02. The third kappa shape index (κ3) is 3.23. The van der Waals surface area contributed by atoms with Crippen molar-refractivity contribution in [2.45, 2.75) is 51.9 Å². The van der Waals surface area contributed by atoms with E-state index in [-0.39, 0.29) is 6.54 Å². The van der Waals surface area contributed by atoms with Crippen molar-refractivity contribution in [2.75, 3.05) is 6.54 Å². The average Bonchev–Trinajstić information content (AvgIpc) is 2.81. The minimum atomic E-state index is -0.607. The fraction of sp³-hybridized carbons (Fsp3) is 0.750. The maximum absolute atomic E-state index is 12.1. The van der Waals surface area contributed by atoms with Crippen LogP contribution in [0, 0.1) is 6.92 Å². The van der Waals surface area contributed by atoms with Gasteiger partial charge in [0.25, 0.3) is 0 Å². The number of hydrogen-bond donors (Lipinski definition) is 1. The van der Waals surface area contributed by atoms with Crippen molar-refractivity contribution in [3.05, 3.63) is 11.7 Å². The topological polar surface area (TPSA) is 88.7 Å². The summed E-state index contributed by atoms with van der Waals surface area (Å²) in [5.74, 6) is 0.834. The molecule has 1 aliphatic heterocycles. The van der Waals surface area contributed by atoms with E-state index in [1.807, 2.05) is 0 Å². The predicted octanol–water partition coefficient (Wildman–Crippen LogP) is 1.42. The van der Waals surface area contributed by atoms with E-state index < -0.39 is 23.8 Å². The molecule has 1 amide bonds. The van der Waals surface area contributed by atoms with Gasteiger partial charge >= 0.3 is 6.09 Å². The molecule has 0 unspecified atom stereocenters. The van der Waals surface area contributed by atoms with Crippen molar-refractivity contribution in [1.82, 2.24) is 15.0 Å². The van der Waals surface area contributed by atoms with Crippen molar-refractivity contribution in [3.63, 3.8) is 0 Å². The van der Waals surface area contributed by atoms with E-state index in [1.54, 1.807) is 27.7 Å². The first-order valence-corrected chi connectivity index (χ1v) is 6.24. The van der Waals surface area contributed by atoms with E-state index in [0.717, 1.165) is 0 Å². The molecule has 19 heavy (non-hydrogen) atoms. The molecular weight excluding hydrogens is 250 g/mol.